The van der Waals surface area contributed by atoms with Crippen LogP contribution in [0, 0.1) is 0 Å². The molecule has 0 saturated heterocycles. The fraction of sp³-hybridized carbons (Fsp3) is 0.727. The van der Waals surface area contributed by atoms with Crippen LogP contribution in [0.5, 0.6) is 0 Å². The summed E-state index contributed by atoms with van der Waals surface area (Å²) < 4.78 is 2.17. The predicted molar refractivity (Wildman–Crippen MR) is 60.5 cm³/mol. The van der Waals surface area contributed by atoms with Gasteiger partial charge in [0, 0.05) is 25.8 Å². The van der Waals surface area contributed by atoms with Crippen LogP contribution < -0.4 is 0 Å². The molecule has 0 spiro atoms. The van der Waals surface area contributed by atoms with Gasteiger partial charge in [0.1, 0.15) is 0 Å². The average molecular weight is 211 g/mol. The van der Waals surface area contributed by atoms with Crippen LogP contribution in [0.3, 0.4) is 0 Å². The van der Waals surface area contributed by atoms with Crippen LogP contribution in [-0.2, 0) is 13.1 Å². The minimum Gasteiger partial charge on any atom is -0.392 e. The first-order valence-electron chi connectivity index (χ1n) is 5.49. The van der Waals surface area contributed by atoms with Crippen molar-refractivity contribution in [1.82, 2.24) is 14.5 Å². The Morgan fingerprint density at radius 1 is 1.60 bits per heavy atom. The molecule has 1 N–H and O–H groups in total. The highest BCUT2D eigenvalue weighted by atomic mass is 16.3. The predicted octanol–water partition coefficient (Wildman–Crippen LogP) is 1.11. The third kappa shape index (κ3) is 4.01. The lowest BCUT2D eigenvalue weighted by atomic mass is 10.3. The van der Waals surface area contributed by atoms with Gasteiger partial charge in [0.2, 0.25) is 0 Å². The topological polar surface area (TPSA) is 41.3 Å². The Labute approximate surface area is 91.5 Å². The normalized spacial score (nSPS) is 13.4. The maximum Gasteiger partial charge on any atom is 0.0948 e. The van der Waals surface area contributed by atoms with E-state index in [0.29, 0.717) is 6.54 Å². The van der Waals surface area contributed by atoms with E-state index in [-0.39, 0.29) is 6.10 Å². The molecule has 1 unspecified atom stereocenters. The molecule has 0 amide bonds. The molecular weight excluding hydrogens is 190 g/mol. The Balaban J connectivity index is 2.51. The van der Waals surface area contributed by atoms with Gasteiger partial charge in [0.15, 0.2) is 0 Å². The van der Waals surface area contributed by atoms with E-state index in [0.717, 1.165) is 19.5 Å². The second-order valence-electron chi connectivity index (χ2n) is 4.12. The van der Waals surface area contributed by atoms with Crippen molar-refractivity contribution in [3.05, 3.63) is 18.2 Å². The maximum absolute atomic E-state index is 9.26. The molecule has 1 aromatic heterocycles. The van der Waals surface area contributed by atoms with E-state index < -0.39 is 0 Å². The van der Waals surface area contributed by atoms with Crippen LogP contribution in [0.2, 0.25) is 0 Å². The molecule has 15 heavy (non-hydrogen) atoms. The molecule has 0 aliphatic carbocycles. The zero-order chi connectivity index (χ0) is 11.3. The zero-order valence-electron chi connectivity index (χ0n) is 9.85. The van der Waals surface area contributed by atoms with Gasteiger partial charge in [0.25, 0.3) is 0 Å². The molecule has 0 fully saturated rings. The number of aliphatic hydroxyl groups is 1. The molecule has 1 rings (SSSR count). The van der Waals surface area contributed by atoms with Gasteiger partial charge in [-0.05, 0) is 20.4 Å². The first-order valence-corrected chi connectivity index (χ1v) is 5.49. The SMILES string of the molecule is CCCn1cncc1CN(C)CC(C)O. The molecule has 0 aromatic carbocycles. The summed E-state index contributed by atoms with van der Waals surface area (Å²) in [7, 11) is 2.01. The summed E-state index contributed by atoms with van der Waals surface area (Å²) in [5, 5.41) is 9.26. The van der Waals surface area contributed by atoms with Crippen LogP contribution in [0.1, 0.15) is 26.0 Å². The van der Waals surface area contributed by atoms with Gasteiger partial charge in [-0.15, -0.1) is 0 Å². The highest BCUT2D eigenvalue weighted by Crippen LogP contribution is 2.04. The number of aromatic nitrogens is 2. The number of hydrogen-bond acceptors (Lipinski definition) is 3. The molecule has 86 valence electrons. The fourth-order valence-corrected chi connectivity index (χ4v) is 1.71. The summed E-state index contributed by atoms with van der Waals surface area (Å²) in [6.45, 7) is 6.50. The van der Waals surface area contributed by atoms with E-state index in [1.54, 1.807) is 6.92 Å². The lowest BCUT2D eigenvalue weighted by molar-refractivity contribution is 0.137. The van der Waals surface area contributed by atoms with Gasteiger partial charge in [-0.2, -0.15) is 0 Å². The van der Waals surface area contributed by atoms with Gasteiger partial charge in [-0.1, -0.05) is 6.92 Å². The van der Waals surface area contributed by atoms with Crippen LogP contribution in [0.25, 0.3) is 0 Å². The van der Waals surface area contributed by atoms with Crippen molar-refractivity contribution in [2.24, 2.45) is 0 Å². The van der Waals surface area contributed by atoms with Gasteiger partial charge in [-0.25, -0.2) is 4.98 Å². The third-order valence-electron chi connectivity index (χ3n) is 2.27. The first-order chi connectivity index (χ1) is 7.13. The molecule has 0 bridgehead atoms. The fourth-order valence-electron chi connectivity index (χ4n) is 1.71. The van der Waals surface area contributed by atoms with Gasteiger partial charge in [-0.3, -0.25) is 4.90 Å². The Morgan fingerprint density at radius 3 is 2.93 bits per heavy atom. The summed E-state index contributed by atoms with van der Waals surface area (Å²) >= 11 is 0. The molecule has 0 aliphatic heterocycles. The summed E-state index contributed by atoms with van der Waals surface area (Å²) in [5.41, 5.74) is 1.21. The Bertz CT molecular complexity index is 283. The zero-order valence-corrected chi connectivity index (χ0v) is 9.85. The highest BCUT2D eigenvalue weighted by molar-refractivity contribution is 4.98. The number of aryl methyl sites for hydroxylation is 1. The molecule has 1 heterocycles. The minimum absolute atomic E-state index is 0.280. The molecule has 0 radical (unpaired) electrons. The largest absolute Gasteiger partial charge is 0.392 e. The number of nitrogens with zero attached hydrogens (tertiary/aromatic N) is 3. The average Bonchev–Trinajstić information content (AvgIpc) is 2.52. The van der Waals surface area contributed by atoms with E-state index in [4.69, 9.17) is 0 Å². The van der Waals surface area contributed by atoms with E-state index in [1.807, 2.05) is 19.6 Å². The van der Waals surface area contributed by atoms with Gasteiger partial charge < -0.3 is 9.67 Å². The maximum atomic E-state index is 9.26. The van der Waals surface area contributed by atoms with Crippen molar-refractivity contribution >= 4 is 0 Å². The quantitative estimate of drug-likeness (QED) is 0.766. The summed E-state index contributed by atoms with van der Waals surface area (Å²) in [6.07, 6.45) is 4.60. The van der Waals surface area contributed by atoms with E-state index in [1.165, 1.54) is 5.69 Å². The van der Waals surface area contributed by atoms with Crippen molar-refractivity contribution in [3.8, 4) is 0 Å². The second kappa shape index (κ2) is 5.88. The van der Waals surface area contributed by atoms with E-state index in [2.05, 4.69) is 21.4 Å². The lowest BCUT2D eigenvalue weighted by Gasteiger charge is -2.18. The summed E-state index contributed by atoms with van der Waals surface area (Å²) in [5.74, 6) is 0. The van der Waals surface area contributed by atoms with Gasteiger partial charge >= 0.3 is 0 Å². The van der Waals surface area contributed by atoms with Crippen molar-refractivity contribution in [2.45, 2.75) is 39.5 Å². The molecule has 0 saturated carbocycles. The monoisotopic (exact) mass is 211 g/mol. The van der Waals surface area contributed by atoms with Crippen molar-refractivity contribution in [1.29, 1.82) is 0 Å². The minimum atomic E-state index is -0.280. The number of rotatable bonds is 6. The highest BCUT2D eigenvalue weighted by Gasteiger charge is 2.07. The number of aliphatic hydroxyl groups excluding tert-OH is 1. The molecule has 4 nitrogen and oxygen atoms in total. The lowest BCUT2D eigenvalue weighted by Crippen LogP contribution is -2.27. The molecule has 0 aliphatic rings. The van der Waals surface area contributed by atoms with Crippen LogP contribution in [-0.4, -0.2) is 39.3 Å². The van der Waals surface area contributed by atoms with Crippen molar-refractivity contribution < 1.29 is 5.11 Å². The first kappa shape index (κ1) is 12.2. The van der Waals surface area contributed by atoms with Crippen LogP contribution in [0.4, 0.5) is 0 Å². The van der Waals surface area contributed by atoms with E-state index >= 15 is 0 Å². The van der Waals surface area contributed by atoms with Crippen molar-refractivity contribution in [2.75, 3.05) is 13.6 Å². The number of hydrogen-bond donors (Lipinski definition) is 1. The van der Waals surface area contributed by atoms with Crippen molar-refractivity contribution in [3.63, 3.8) is 0 Å². The summed E-state index contributed by atoms with van der Waals surface area (Å²) in [6, 6.07) is 0. The Morgan fingerprint density at radius 2 is 2.33 bits per heavy atom. The standard InChI is InChI=1S/C11H21N3O/c1-4-5-14-9-12-6-11(14)8-13(3)7-10(2)15/h6,9-10,15H,4-5,7-8H2,1-3H3. The van der Waals surface area contributed by atoms with Crippen LogP contribution >= 0.6 is 0 Å². The number of likely N-dealkylation sites (N-methyl/N-ethyl adjacent to an activating group) is 1. The Kier molecular flexibility index (Phi) is 4.78. The third-order valence-corrected chi connectivity index (χ3v) is 2.27. The molecule has 4 heteroatoms. The van der Waals surface area contributed by atoms with E-state index in [9.17, 15) is 5.11 Å². The smallest absolute Gasteiger partial charge is 0.0948 e. The van der Waals surface area contributed by atoms with Crippen LogP contribution in [0.15, 0.2) is 12.5 Å². The Hall–Kier alpha value is -0.870. The second-order valence-corrected chi connectivity index (χ2v) is 4.12. The van der Waals surface area contributed by atoms with Gasteiger partial charge in [0.05, 0.1) is 18.1 Å². The molecule has 1 aromatic rings. The molecule has 1 atom stereocenters. The molecular formula is C11H21N3O. The number of imidazole rings is 1. The summed E-state index contributed by atoms with van der Waals surface area (Å²) in [4.78, 5) is 6.25.